The van der Waals surface area contributed by atoms with Gasteiger partial charge in [-0.3, -0.25) is 4.79 Å². The van der Waals surface area contributed by atoms with E-state index in [1.807, 2.05) is 41.8 Å². The van der Waals surface area contributed by atoms with Gasteiger partial charge in [-0.15, -0.1) is 22.7 Å². The van der Waals surface area contributed by atoms with Gasteiger partial charge in [-0.05, 0) is 43.3 Å². The second-order valence-electron chi connectivity index (χ2n) is 7.25. The highest BCUT2D eigenvalue weighted by molar-refractivity contribution is 7.18. The van der Waals surface area contributed by atoms with E-state index in [-0.39, 0.29) is 30.9 Å². The molecule has 1 aromatic carbocycles. The zero-order chi connectivity index (χ0) is 23.2. The molecule has 0 unspecified atom stereocenters. The molecule has 2 amide bonds. The highest BCUT2D eigenvalue weighted by Crippen LogP contribution is 2.30. The summed E-state index contributed by atoms with van der Waals surface area (Å²) in [5, 5.41) is 8.17. The van der Waals surface area contributed by atoms with Gasteiger partial charge >= 0.3 is 18.0 Å². The molecule has 33 heavy (non-hydrogen) atoms. The number of aromatic nitrogens is 1. The van der Waals surface area contributed by atoms with Gasteiger partial charge in [0.1, 0.15) is 6.61 Å². The summed E-state index contributed by atoms with van der Waals surface area (Å²) in [6.07, 6.45) is 1.47. The summed E-state index contributed by atoms with van der Waals surface area (Å²) in [5.74, 6) is -0.974. The van der Waals surface area contributed by atoms with Crippen molar-refractivity contribution in [3.8, 4) is 0 Å². The molecule has 2 N–H and O–H groups in total. The number of ether oxygens (including phenoxy) is 2. The Balaban J connectivity index is 1.39. The second kappa shape index (κ2) is 10.6. The number of nitrogens with one attached hydrogen (secondary N) is 2. The number of aryl methyl sites for hydroxylation is 1. The topological polar surface area (TPSA) is 107 Å². The Morgan fingerprint density at radius 2 is 2.00 bits per heavy atom. The number of urea groups is 1. The van der Waals surface area contributed by atoms with Crippen LogP contribution in [-0.2, 0) is 25.5 Å². The molecule has 8 nitrogen and oxygen atoms in total. The van der Waals surface area contributed by atoms with E-state index < -0.39 is 24.0 Å². The fourth-order valence-electron chi connectivity index (χ4n) is 3.49. The van der Waals surface area contributed by atoms with E-state index in [1.165, 1.54) is 11.3 Å². The molecule has 1 atom stereocenters. The minimum atomic E-state index is -0.662. The molecule has 172 valence electrons. The maximum absolute atomic E-state index is 12.7. The molecular weight excluding hydrogens is 462 g/mol. The fraction of sp³-hybridized carbons (Fsp3) is 0.304. The molecule has 0 fully saturated rings. The maximum atomic E-state index is 12.7. The van der Waals surface area contributed by atoms with Crippen molar-refractivity contribution in [1.29, 1.82) is 0 Å². The monoisotopic (exact) mass is 485 g/mol. The average molecular weight is 486 g/mol. The Hall–Kier alpha value is -3.24. The Morgan fingerprint density at radius 3 is 2.76 bits per heavy atom. The van der Waals surface area contributed by atoms with Gasteiger partial charge in [-0.1, -0.05) is 18.2 Å². The molecule has 2 aromatic heterocycles. The van der Waals surface area contributed by atoms with Crippen LogP contribution in [0, 0.1) is 0 Å². The van der Waals surface area contributed by atoms with Crippen LogP contribution in [0.1, 0.15) is 35.7 Å². The van der Waals surface area contributed by atoms with Crippen molar-refractivity contribution in [3.63, 3.8) is 0 Å². The second-order valence-corrected chi connectivity index (χ2v) is 9.34. The number of thiophene rings is 1. The van der Waals surface area contributed by atoms with Gasteiger partial charge in [0.05, 0.1) is 39.1 Å². The number of para-hydroxylation sites is 1. The fourth-order valence-corrected chi connectivity index (χ4v) is 5.28. The summed E-state index contributed by atoms with van der Waals surface area (Å²) in [6, 6.07) is 10.4. The number of benzene rings is 1. The van der Waals surface area contributed by atoms with E-state index in [0.29, 0.717) is 12.8 Å². The van der Waals surface area contributed by atoms with Gasteiger partial charge in [-0.25, -0.2) is 14.6 Å². The van der Waals surface area contributed by atoms with Gasteiger partial charge in [0.2, 0.25) is 0 Å². The summed E-state index contributed by atoms with van der Waals surface area (Å²) in [7, 11) is 0. The van der Waals surface area contributed by atoms with Crippen LogP contribution in [0.15, 0.2) is 53.0 Å². The molecule has 3 heterocycles. The van der Waals surface area contributed by atoms with Crippen LogP contribution < -0.4 is 10.6 Å². The Kier molecular flexibility index (Phi) is 7.36. The molecule has 0 bridgehead atoms. The lowest BCUT2D eigenvalue weighted by Crippen LogP contribution is -2.46. The van der Waals surface area contributed by atoms with Crippen molar-refractivity contribution in [2.45, 2.75) is 32.2 Å². The smallest absolute Gasteiger partial charge is 0.338 e. The van der Waals surface area contributed by atoms with Crippen molar-refractivity contribution in [2.75, 3.05) is 13.2 Å². The normalized spacial score (nSPS) is 15.8. The first kappa shape index (κ1) is 22.9. The van der Waals surface area contributed by atoms with Crippen LogP contribution in [0.2, 0.25) is 0 Å². The van der Waals surface area contributed by atoms with Crippen molar-refractivity contribution in [3.05, 3.63) is 62.9 Å². The predicted molar refractivity (Wildman–Crippen MR) is 126 cm³/mol. The maximum Gasteiger partial charge on any atom is 0.338 e. The number of carbonyl (C=O) groups excluding carboxylic acids is 3. The Labute approximate surface area is 198 Å². The molecule has 0 saturated heterocycles. The first-order chi connectivity index (χ1) is 16.0. The van der Waals surface area contributed by atoms with Gasteiger partial charge in [0.25, 0.3) is 0 Å². The van der Waals surface area contributed by atoms with Crippen LogP contribution in [0.25, 0.3) is 10.2 Å². The van der Waals surface area contributed by atoms with Crippen LogP contribution in [0.3, 0.4) is 0 Å². The third kappa shape index (κ3) is 5.58. The molecular formula is C23H23N3O5S2. The molecule has 0 radical (unpaired) electrons. The van der Waals surface area contributed by atoms with Crippen LogP contribution in [-0.4, -0.2) is 36.2 Å². The van der Waals surface area contributed by atoms with Crippen molar-refractivity contribution < 1.29 is 23.9 Å². The average Bonchev–Trinajstić information content (AvgIpc) is 3.47. The van der Waals surface area contributed by atoms with Gasteiger partial charge in [0.15, 0.2) is 0 Å². The molecule has 0 saturated carbocycles. The number of nitrogens with zero attached hydrogens (tertiary/aromatic N) is 1. The largest absolute Gasteiger partial charge is 0.463 e. The molecule has 1 aliphatic rings. The number of fused-ring (bicyclic) bond motifs is 1. The standard InChI is InChI=1S/C23H23N3O5S2/c1-2-30-22(28)20-15(25-23(29)26-21(20)17-9-6-12-32-17)13-31-19(27)11-5-10-18-24-14-7-3-4-8-16(14)33-18/h3-4,6-9,12,21H,2,5,10-11,13H2,1H3,(H2,25,26,29)/t21-/m1/s1. The lowest BCUT2D eigenvalue weighted by Gasteiger charge is -2.28. The summed E-state index contributed by atoms with van der Waals surface area (Å²) < 4.78 is 11.7. The molecule has 10 heteroatoms. The Bertz CT molecular complexity index is 1150. The molecule has 0 aliphatic carbocycles. The van der Waals surface area contributed by atoms with E-state index in [0.717, 1.165) is 20.1 Å². The highest BCUT2D eigenvalue weighted by atomic mass is 32.1. The predicted octanol–water partition coefficient (Wildman–Crippen LogP) is 4.10. The zero-order valence-corrected chi connectivity index (χ0v) is 19.6. The van der Waals surface area contributed by atoms with E-state index in [2.05, 4.69) is 15.6 Å². The quantitative estimate of drug-likeness (QED) is 0.442. The third-order valence-corrected chi connectivity index (χ3v) is 7.00. The molecule has 3 aromatic rings. The summed E-state index contributed by atoms with van der Waals surface area (Å²) >= 11 is 3.03. The third-order valence-electron chi connectivity index (χ3n) is 4.96. The number of hydrogen-bond donors (Lipinski definition) is 2. The number of esters is 2. The number of thiazole rings is 1. The minimum absolute atomic E-state index is 0.187. The van der Waals surface area contributed by atoms with Crippen molar-refractivity contribution in [2.24, 2.45) is 0 Å². The van der Waals surface area contributed by atoms with Gasteiger partial charge < -0.3 is 20.1 Å². The molecule has 4 rings (SSSR count). The SMILES string of the molecule is CCOC(=O)C1=C(COC(=O)CCCc2nc3ccccc3s2)NC(=O)N[C@@H]1c1cccs1. The molecule has 1 aliphatic heterocycles. The van der Waals surface area contributed by atoms with Gasteiger partial charge in [0, 0.05) is 11.3 Å². The van der Waals surface area contributed by atoms with E-state index in [4.69, 9.17) is 9.47 Å². The van der Waals surface area contributed by atoms with E-state index in [1.54, 1.807) is 18.3 Å². The van der Waals surface area contributed by atoms with Gasteiger partial charge in [-0.2, -0.15) is 0 Å². The first-order valence-corrected chi connectivity index (χ1v) is 12.3. The number of hydrogen-bond acceptors (Lipinski definition) is 8. The van der Waals surface area contributed by atoms with Crippen LogP contribution in [0.4, 0.5) is 4.79 Å². The lowest BCUT2D eigenvalue weighted by atomic mass is 10.0. The highest BCUT2D eigenvalue weighted by Gasteiger charge is 2.34. The summed E-state index contributed by atoms with van der Waals surface area (Å²) in [5.41, 5.74) is 1.43. The summed E-state index contributed by atoms with van der Waals surface area (Å²) in [6.45, 7) is 1.67. The van der Waals surface area contributed by atoms with Crippen molar-refractivity contribution >= 4 is 50.9 Å². The number of carbonyl (C=O) groups is 3. The zero-order valence-electron chi connectivity index (χ0n) is 18.0. The van der Waals surface area contributed by atoms with E-state index in [9.17, 15) is 14.4 Å². The minimum Gasteiger partial charge on any atom is -0.463 e. The Morgan fingerprint density at radius 1 is 1.15 bits per heavy atom. The van der Waals surface area contributed by atoms with E-state index >= 15 is 0 Å². The molecule has 0 spiro atoms. The van der Waals surface area contributed by atoms with Crippen LogP contribution in [0.5, 0.6) is 0 Å². The summed E-state index contributed by atoms with van der Waals surface area (Å²) in [4.78, 5) is 42.6. The van der Waals surface area contributed by atoms with Crippen LogP contribution >= 0.6 is 22.7 Å². The van der Waals surface area contributed by atoms with Crippen molar-refractivity contribution in [1.82, 2.24) is 15.6 Å². The number of rotatable bonds is 9. The first-order valence-electron chi connectivity index (χ1n) is 10.6. The lowest BCUT2D eigenvalue weighted by molar-refractivity contribution is -0.143. The number of amides is 2.